The van der Waals surface area contributed by atoms with Crippen molar-refractivity contribution in [3.8, 4) is 17.8 Å². The minimum Gasteiger partial charge on any atom is -0.462 e. The molecular weight excluding hydrogens is 346 g/mol. The van der Waals surface area contributed by atoms with Crippen molar-refractivity contribution < 1.29 is 23.8 Å². The fourth-order valence-electron chi connectivity index (χ4n) is 2.30. The highest BCUT2D eigenvalue weighted by Crippen LogP contribution is 2.18. The standard InChI is InChI=1S/C21H21NO5/c1-16-6-8-17(9-7-16)21(24)25-14-4-2-3-5-20(23)27-19-12-10-18(11-13-19)26-15-22/h6-13H,2-5,14H2,1H3. The summed E-state index contributed by atoms with van der Waals surface area (Å²) in [5.41, 5.74) is 1.63. The van der Waals surface area contributed by atoms with Gasteiger partial charge in [-0.1, -0.05) is 17.7 Å². The predicted octanol–water partition coefficient (Wildman–Crippen LogP) is 4.18. The molecule has 0 amide bonds. The fraction of sp³-hybridized carbons (Fsp3) is 0.286. The molecule has 0 radical (unpaired) electrons. The first kappa shape index (κ1) is 20.0. The smallest absolute Gasteiger partial charge is 0.338 e. The number of hydrogen-bond donors (Lipinski definition) is 0. The van der Waals surface area contributed by atoms with E-state index in [9.17, 15) is 9.59 Å². The molecule has 0 aliphatic rings. The van der Waals surface area contributed by atoms with Gasteiger partial charge >= 0.3 is 11.9 Å². The van der Waals surface area contributed by atoms with Gasteiger partial charge in [-0.15, -0.1) is 5.26 Å². The Morgan fingerprint density at radius 3 is 2.26 bits per heavy atom. The van der Waals surface area contributed by atoms with Crippen LogP contribution in [0.1, 0.15) is 41.6 Å². The first-order valence-electron chi connectivity index (χ1n) is 8.69. The summed E-state index contributed by atoms with van der Waals surface area (Å²) in [6.45, 7) is 2.28. The quantitative estimate of drug-likeness (QED) is 0.286. The van der Waals surface area contributed by atoms with Crippen molar-refractivity contribution in [1.82, 2.24) is 0 Å². The van der Waals surface area contributed by atoms with Crippen LogP contribution in [0.15, 0.2) is 48.5 Å². The first-order valence-corrected chi connectivity index (χ1v) is 8.69. The van der Waals surface area contributed by atoms with Gasteiger partial charge in [-0.2, -0.15) is 0 Å². The van der Waals surface area contributed by atoms with E-state index in [0.29, 0.717) is 36.5 Å². The van der Waals surface area contributed by atoms with Crippen LogP contribution in [-0.2, 0) is 9.53 Å². The van der Waals surface area contributed by atoms with E-state index < -0.39 is 0 Å². The summed E-state index contributed by atoms with van der Waals surface area (Å²) >= 11 is 0. The van der Waals surface area contributed by atoms with Crippen molar-refractivity contribution in [3.63, 3.8) is 0 Å². The molecule has 0 saturated carbocycles. The van der Waals surface area contributed by atoms with Gasteiger partial charge in [0.1, 0.15) is 11.5 Å². The number of ether oxygens (including phenoxy) is 3. The lowest BCUT2D eigenvalue weighted by molar-refractivity contribution is -0.134. The van der Waals surface area contributed by atoms with E-state index in [4.69, 9.17) is 14.7 Å². The molecule has 0 aromatic heterocycles. The Kier molecular flexibility index (Phi) is 7.86. The largest absolute Gasteiger partial charge is 0.462 e. The third kappa shape index (κ3) is 7.20. The number of nitriles is 1. The second-order valence-corrected chi connectivity index (χ2v) is 5.95. The first-order chi connectivity index (χ1) is 13.1. The molecule has 0 aliphatic carbocycles. The number of benzene rings is 2. The maximum absolute atomic E-state index is 11.8. The Labute approximate surface area is 158 Å². The molecule has 2 aromatic carbocycles. The van der Waals surface area contributed by atoms with E-state index in [1.165, 1.54) is 0 Å². The molecule has 0 bridgehead atoms. The van der Waals surface area contributed by atoms with Gasteiger partial charge in [0, 0.05) is 6.42 Å². The number of hydrogen-bond acceptors (Lipinski definition) is 6. The normalized spacial score (nSPS) is 9.93. The molecule has 0 spiro atoms. The minimum absolute atomic E-state index is 0.280. The molecule has 6 heteroatoms. The number of unbranched alkanes of at least 4 members (excludes halogenated alkanes) is 2. The van der Waals surface area contributed by atoms with E-state index in [0.717, 1.165) is 12.0 Å². The van der Waals surface area contributed by atoms with Crippen LogP contribution < -0.4 is 9.47 Å². The van der Waals surface area contributed by atoms with Crippen molar-refractivity contribution in [2.24, 2.45) is 0 Å². The van der Waals surface area contributed by atoms with Gasteiger partial charge in [-0.05, 0) is 62.6 Å². The Morgan fingerprint density at radius 2 is 1.59 bits per heavy atom. The molecule has 2 aromatic rings. The summed E-state index contributed by atoms with van der Waals surface area (Å²) in [5, 5.41) is 8.41. The van der Waals surface area contributed by atoms with Crippen molar-refractivity contribution >= 4 is 11.9 Å². The highest BCUT2D eigenvalue weighted by molar-refractivity contribution is 5.89. The van der Waals surface area contributed by atoms with Gasteiger partial charge in [-0.3, -0.25) is 4.79 Å². The van der Waals surface area contributed by atoms with Gasteiger partial charge in [0.2, 0.25) is 0 Å². The summed E-state index contributed by atoms with van der Waals surface area (Å²) in [7, 11) is 0. The van der Waals surface area contributed by atoms with Crippen LogP contribution >= 0.6 is 0 Å². The highest BCUT2D eigenvalue weighted by Gasteiger charge is 2.07. The average Bonchev–Trinajstić information content (AvgIpc) is 2.66. The summed E-state index contributed by atoms with van der Waals surface area (Å²) in [5.74, 6) is 0.119. The lowest BCUT2D eigenvalue weighted by Gasteiger charge is -2.06. The van der Waals surface area contributed by atoms with Gasteiger partial charge < -0.3 is 14.2 Å². The van der Waals surface area contributed by atoms with Crippen LogP contribution in [0.2, 0.25) is 0 Å². The fourth-order valence-corrected chi connectivity index (χ4v) is 2.30. The lowest BCUT2D eigenvalue weighted by atomic mass is 10.1. The molecule has 0 N–H and O–H groups in total. The maximum atomic E-state index is 11.8. The molecule has 140 valence electrons. The predicted molar refractivity (Wildman–Crippen MR) is 98.2 cm³/mol. The van der Waals surface area contributed by atoms with Crippen LogP contribution in [0.25, 0.3) is 0 Å². The van der Waals surface area contributed by atoms with Gasteiger partial charge in [0.25, 0.3) is 6.26 Å². The van der Waals surface area contributed by atoms with Gasteiger partial charge in [0.05, 0.1) is 12.2 Å². The Hall–Kier alpha value is -3.33. The lowest BCUT2D eigenvalue weighted by Crippen LogP contribution is -2.08. The highest BCUT2D eigenvalue weighted by atomic mass is 16.5. The van der Waals surface area contributed by atoms with Crippen molar-refractivity contribution in [1.29, 1.82) is 5.26 Å². The molecule has 2 rings (SSSR count). The summed E-state index contributed by atoms with van der Waals surface area (Å²) < 4.78 is 15.1. The zero-order valence-corrected chi connectivity index (χ0v) is 15.1. The molecule has 0 aliphatic heterocycles. The summed E-state index contributed by atoms with van der Waals surface area (Å²) in [6, 6.07) is 13.4. The third-order valence-corrected chi connectivity index (χ3v) is 3.76. The SMILES string of the molecule is Cc1ccc(C(=O)OCCCCCC(=O)Oc2ccc(OC#N)cc2)cc1. The molecule has 27 heavy (non-hydrogen) atoms. The number of esters is 2. The second-order valence-electron chi connectivity index (χ2n) is 5.95. The average molecular weight is 367 g/mol. The molecule has 0 heterocycles. The maximum Gasteiger partial charge on any atom is 0.338 e. The van der Waals surface area contributed by atoms with Gasteiger partial charge in [-0.25, -0.2) is 4.79 Å². The number of aryl methyl sites for hydroxylation is 1. The number of rotatable bonds is 9. The van der Waals surface area contributed by atoms with E-state index in [2.05, 4.69) is 4.74 Å². The molecule has 0 unspecified atom stereocenters. The zero-order chi connectivity index (χ0) is 19.5. The van der Waals surface area contributed by atoms with Crippen LogP contribution in [0.3, 0.4) is 0 Å². The Morgan fingerprint density at radius 1 is 0.926 bits per heavy atom. The Bertz CT molecular complexity index is 791. The van der Waals surface area contributed by atoms with Crippen molar-refractivity contribution in [3.05, 3.63) is 59.7 Å². The van der Waals surface area contributed by atoms with E-state index in [1.807, 2.05) is 19.1 Å². The minimum atomic E-state index is -0.335. The van der Waals surface area contributed by atoms with E-state index >= 15 is 0 Å². The van der Waals surface area contributed by atoms with Crippen LogP contribution in [0.5, 0.6) is 11.5 Å². The van der Waals surface area contributed by atoms with E-state index in [1.54, 1.807) is 42.7 Å². The van der Waals surface area contributed by atoms with Crippen molar-refractivity contribution in [2.75, 3.05) is 6.61 Å². The van der Waals surface area contributed by atoms with Crippen LogP contribution in [0.4, 0.5) is 0 Å². The van der Waals surface area contributed by atoms with Gasteiger partial charge in [0.15, 0.2) is 0 Å². The number of carbonyl (C=O) groups excluding carboxylic acids is 2. The molecule has 0 fully saturated rings. The summed E-state index contributed by atoms with van der Waals surface area (Å²) in [4.78, 5) is 23.6. The Balaban J connectivity index is 1.58. The number of nitrogens with zero attached hydrogens (tertiary/aromatic N) is 1. The second kappa shape index (κ2) is 10.6. The van der Waals surface area contributed by atoms with Crippen LogP contribution in [0, 0.1) is 18.4 Å². The third-order valence-electron chi connectivity index (χ3n) is 3.76. The van der Waals surface area contributed by atoms with E-state index in [-0.39, 0.29) is 18.4 Å². The van der Waals surface area contributed by atoms with Crippen molar-refractivity contribution in [2.45, 2.75) is 32.6 Å². The monoisotopic (exact) mass is 367 g/mol. The molecule has 0 saturated heterocycles. The molecule has 0 atom stereocenters. The van der Waals surface area contributed by atoms with Crippen LogP contribution in [-0.4, -0.2) is 18.5 Å². The molecule has 6 nitrogen and oxygen atoms in total. The topological polar surface area (TPSA) is 85.6 Å². The number of carbonyl (C=O) groups is 2. The summed E-state index contributed by atoms with van der Waals surface area (Å²) in [6.07, 6.45) is 3.94. The zero-order valence-electron chi connectivity index (χ0n) is 15.1. The molecular formula is C21H21NO5.